The van der Waals surface area contributed by atoms with Crippen molar-refractivity contribution in [2.75, 3.05) is 4.90 Å². The Morgan fingerprint density at radius 3 is 2.48 bits per heavy atom. The van der Waals surface area contributed by atoms with Crippen LogP contribution in [0.15, 0.2) is 36.5 Å². The molecule has 0 fully saturated rings. The van der Waals surface area contributed by atoms with Gasteiger partial charge in [0, 0.05) is 6.20 Å². The highest BCUT2D eigenvalue weighted by atomic mass is 19.4. The number of pyridine rings is 1. The molecular weight excluding hydrogens is 375 g/mol. The molecule has 0 N–H and O–H groups in total. The first kappa shape index (κ1) is 18.7. The highest BCUT2D eigenvalue weighted by molar-refractivity contribution is 6.05. The molecule has 0 aliphatic carbocycles. The van der Waals surface area contributed by atoms with Crippen LogP contribution in [0.1, 0.15) is 28.5 Å². The van der Waals surface area contributed by atoms with Crippen LogP contribution < -0.4 is 9.64 Å². The Bertz CT molecular complexity index is 910. The fourth-order valence-corrected chi connectivity index (χ4v) is 2.59. The van der Waals surface area contributed by atoms with Gasteiger partial charge in [-0.15, -0.1) is 0 Å². The summed E-state index contributed by atoms with van der Waals surface area (Å²) in [6.45, 7) is 0.676. The van der Waals surface area contributed by atoms with Gasteiger partial charge in [0.2, 0.25) is 0 Å². The zero-order valence-electron chi connectivity index (χ0n) is 13.7. The van der Waals surface area contributed by atoms with E-state index in [9.17, 15) is 31.5 Å². The third-order valence-corrected chi connectivity index (χ3v) is 3.84. The number of carbonyl (C=O) groups is 2. The molecule has 1 amide bonds. The number of halogens is 5. The summed E-state index contributed by atoms with van der Waals surface area (Å²) in [6, 6.07) is 5.67. The number of aromatic nitrogens is 1. The lowest BCUT2D eigenvalue weighted by atomic mass is 10.1. The Labute approximate surface area is 149 Å². The normalized spacial score (nSPS) is 15.9. The number of alkyl halides is 5. The van der Waals surface area contributed by atoms with Gasteiger partial charge in [-0.2, -0.15) is 22.0 Å². The van der Waals surface area contributed by atoms with Crippen molar-refractivity contribution in [1.82, 2.24) is 4.98 Å². The minimum atomic E-state index is -4.65. The van der Waals surface area contributed by atoms with Crippen molar-refractivity contribution in [3.05, 3.63) is 53.3 Å². The smallest absolute Gasteiger partial charge is 0.422 e. The summed E-state index contributed by atoms with van der Waals surface area (Å²) in [5, 5.41) is 0. The summed E-state index contributed by atoms with van der Waals surface area (Å²) in [5.41, 5.74) is -1.29. The van der Waals surface area contributed by atoms with Crippen LogP contribution in [0.3, 0.4) is 0 Å². The summed E-state index contributed by atoms with van der Waals surface area (Å²) in [5.74, 6) is -2.71. The van der Waals surface area contributed by atoms with Crippen molar-refractivity contribution in [3.63, 3.8) is 0 Å². The largest absolute Gasteiger partial charge is 0.483 e. The fourth-order valence-electron chi connectivity index (χ4n) is 2.59. The third-order valence-electron chi connectivity index (χ3n) is 3.84. The first-order valence-corrected chi connectivity index (χ1v) is 7.55. The molecule has 1 aromatic heterocycles. The molecule has 5 nitrogen and oxygen atoms in total. The minimum Gasteiger partial charge on any atom is -0.422 e. The number of benzene rings is 1. The summed E-state index contributed by atoms with van der Waals surface area (Å²) < 4.78 is 70.2. The fraction of sp³-hybridized carbons (Fsp3) is 0.235. The molecule has 2 aromatic rings. The molecule has 2 heterocycles. The number of ketones is 1. The number of anilines is 1. The predicted octanol–water partition coefficient (Wildman–Crippen LogP) is 3.82. The van der Waals surface area contributed by atoms with E-state index in [4.69, 9.17) is 0 Å². The predicted molar refractivity (Wildman–Crippen MR) is 82.5 cm³/mol. The Balaban J connectivity index is 2.01. The molecule has 1 aliphatic rings. The van der Waals surface area contributed by atoms with Crippen molar-refractivity contribution in [2.45, 2.75) is 25.8 Å². The molecule has 0 saturated heterocycles. The first-order chi connectivity index (χ1) is 12.5. The maximum atomic E-state index is 14.0. The van der Waals surface area contributed by atoms with E-state index in [0.717, 1.165) is 19.2 Å². The molecule has 0 spiro atoms. The average molecular weight is 386 g/mol. The molecular formula is C17H11F5N2O3. The number of para-hydroxylation sites is 1. The summed E-state index contributed by atoms with van der Waals surface area (Å²) in [6.07, 6.45) is -8.03. The van der Waals surface area contributed by atoms with Gasteiger partial charge in [-0.3, -0.25) is 19.5 Å². The summed E-state index contributed by atoms with van der Waals surface area (Å²) in [7, 11) is 0. The molecule has 0 atom stereocenters. The van der Waals surface area contributed by atoms with Crippen LogP contribution in [0.2, 0.25) is 0 Å². The maximum absolute atomic E-state index is 14.0. The second-order valence-electron chi connectivity index (χ2n) is 5.77. The van der Waals surface area contributed by atoms with E-state index in [2.05, 4.69) is 9.72 Å². The van der Waals surface area contributed by atoms with Crippen molar-refractivity contribution < 1.29 is 36.3 Å². The number of nitrogens with zero attached hydrogens (tertiary/aromatic N) is 2. The molecule has 3 rings (SSSR count). The van der Waals surface area contributed by atoms with Crippen molar-refractivity contribution in [2.24, 2.45) is 0 Å². The van der Waals surface area contributed by atoms with Gasteiger partial charge in [0.1, 0.15) is 5.69 Å². The number of rotatable bonds is 3. The lowest BCUT2D eigenvalue weighted by Crippen LogP contribution is -2.50. The van der Waals surface area contributed by atoms with Crippen LogP contribution in [0.5, 0.6) is 5.75 Å². The monoisotopic (exact) mass is 386 g/mol. The molecule has 0 radical (unpaired) electrons. The zero-order valence-corrected chi connectivity index (χ0v) is 13.7. The molecule has 0 bridgehead atoms. The maximum Gasteiger partial charge on any atom is 0.483 e. The van der Waals surface area contributed by atoms with Gasteiger partial charge in [0.25, 0.3) is 0 Å². The second-order valence-corrected chi connectivity index (χ2v) is 5.77. The van der Waals surface area contributed by atoms with Crippen LogP contribution >= 0.6 is 0 Å². The Hall–Kier alpha value is -3.04. The molecule has 10 heteroatoms. The van der Waals surface area contributed by atoms with Gasteiger partial charge in [0.05, 0.1) is 17.8 Å². The summed E-state index contributed by atoms with van der Waals surface area (Å²) >= 11 is 0. The number of ether oxygens (including phenoxy) is 1. The van der Waals surface area contributed by atoms with Crippen molar-refractivity contribution >= 4 is 17.4 Å². The van der Waals surface area contributed by atoms with Crippen LogP contribution in [-0.2, 0) is 17.5 Å². The number of amides is 1. The second kappa shape index (κ2) is 6.29. The molecule has 0 unspecified atom stereocenters. The number of hydrogen-bond donors (Lipinski definition) is 0. The standard InChI is InChI=1S/C17H11F5N2O3/c1-9(25)11-3-2-4-12-14(11)27-17(21,22)15(26)24(12)8-10-5-6-13(23-7-10)16(18,19)20/h2-7H,8H2,1H3. The lowest BCUT2D eigenvalue weighted by Gasteiger charge is -2.34. The minimum absolute atomic E-state index is 0.0847. The molecule has 27 heavy (non-hydrogen) atoms. The van der Waals surface area contributed by atoms with Gasteiger partial charge in [-0.25, -0.2) is 0 Å². The Kier molecular flexibility index (Phi) is 4.37. The highest BCUT2D eigenvalue weighted by Crippen LogP contribution is 2.42. The van der Waals surface area contributed by atoms with Crippen molar-refractivity contribution in [1.29, 1.82) is 0 Å². The topological polar surface area (TPSA) is 59.5 Å². The lowest BCUT2D eigenvalue weighted by molar-refractivity contribution is -0.193. The van der Waals surface area contributed by atoms with Gasteiger partial charge in [-0.1, -0.05) is 12.1 Å². The van der Waals surface area contributed by atoms with Gasteiger partial charge in [0.15, 0.2) is 11.5 Å². The average Bonchev–Trinajstić information content (AvgIpc) is 2.57. The van der Waals surface area contributed by atoms with Crippen LogP contribution in [0, 0.1) is 0 Å². The van der Waals surface area contributed by atoms with Gasteiger partial charge >= 0.3 is 18.2 Å². The quantitative estimate of drug-likeness (QED) is 0.595. The number of Topliss-reactive ketones (excluding diaryl/α,β-unsaturated/α-hetero) is 1. The highest BCUT2D eigenvalue weighted by Gasteiger charge is 2.51. The van der Waals surface area contributed by atoms with E-state index in [1.54, 1.807) is 0 Å². The Morgan fingerprint density at radius 2 is 1.93 bits per heavy atom. The van der Waals surface area contributed by atoms with E-state index in [1.807, 2.05) is 0 Å². The molecule has 0 saturated carbocycles. The van der Waals surface area contributed by atoms with E-state index >= 15 is 0 Å². The number of hydrogen-bond acceptors (Lipinski definition) is 4. The molecule has 1 aromatic carbocycles. The SMILES string of the molecule is CC(=O)c1cccc2c1OC(F)(F)C(=O)N2Cc1ccc(C(F)(F)F)nc1. The van der Waals surface area contributed by atoms with Crippen molar-refractivity contribution in [3.8, 4) is 5.75 Å². The van der Waals surface area contributed by atoms with Crippen LogP contribution in [0.25, 0.3) is 0 Å². The third kappa shape index (κ3) is 3.46. The van der Waals surface area contributed by atoms with E-state index < -0.39 is 42.0 Å². The number of carbonyl (C=O) groups excluding carboxylic acids is 2. The van der Waals surface area contributed by atoms with Crippen LogP contribution in [0.4, 0.5) is 27.6 Å². The first-order valence-electron chi connectivity index (χ1n) is 7.55. The summed E-state index contributed by atoms with van der Waals surface area (Å²) in [4.78, 5) is 27.6. The Morgan fingerprint density at radius 1 is 1.22 bits per heavy atom. The van der Waals surface area contributed by atoms with E-state index in [0.29, 0.717) is 11.0 Å². The molecule has 142 valence electrons. The van der Waals surface area contributed by atoms with E-state index in [-0.39, 0.29) is 16.8 Å². The van der Waals surface area contributed by atoms with Gasteiger partial charge < -0.3 is 4.74 Å². The number of fused-ring (bicyclic) bond motifs is 1. The zero-order chi connectivity index (χ0) is 20.0. The van der Waals surface area contributed by atoms with E-state index in [1.165, 1.54) is 18.2 Å². The van der Waals surface area contributed by atoms with Gasteiger partial charge in [-0.05, 0) is 30.7 Å². The molecule has 1 aliphatic heterocycles. The van der Waals surface area contributed by atoms with Crippen LogP contribution in [-0.4, -0.2) is 22.8 Å².